The van der Waals surface area contributed by atoms with Gasteiger partial charge in [0.25, 0.3) is 0 Å². The molecule has 0 unspecified atom stereocenters. The summed E-state index contributed by atoms with van der Waals surface area (Å²) in [6.07, 6.45) is 0.701. The summed E-state index contributed by atoms with van der Waals surface area (Å²) >= 11 is 7.00. The first-order chi connectivity index (χ1) is 9.13. The van der Waals surface area contributed by atoms with Crippen molar-refractivity contribution in [3.8, 4) is 0 Å². The molecule has 1 aromatic carbocycles. The summed E-state index contributed by atoms with van der Waals surface area (Å²) in [7, 11) is 0. The number of nitrogens with one attached hydrogen (secondary N) is 1. The van der Waals surface area contributed by atoms with Crippen LogP contribution in [-0.2, 0) is 0 Å². The van der Waals surface area contributed by atoms with E-state index in [1.54, 1.807) is 0 Å². The summed E-state index contributed by atoms with van der Waals surface area (Å²) in [4.78, 5) is 2.39. The first-order valence-corrected chi connectivity index (χ1v) is 8.02. The van der Waals surface area contributed by atoms with Gasteiger partial charge < -0.3 is 16.2 Å². The number of anilines is 1. The van der Waals surface area contributed by atoms with Crippen LogP contribution in [-0.4, -0.2) is 42.8 Å². The molecule has 0 bridgehead atoms. The molecule has 4 N–H and O–H groups in total. The Morgan fingerprint density at radius 3 is 2.63 bits per heavy atom. The highest BCUT2D eigenvalue weighted by atomic mass is 79.9. The van der Waals surface area contributed by atoms with E-state index in [0.717, 1.165) is 46.4 Å². The average molecular weight is 393 g/mol. The monoisotopic (exact) mass is 391 g/mol. The van der Waals surface area contributed by atoms with Gasteiger partial charge in [-0.2, -0.15) is 0 Å². The second-order valence-corrected chi connectivity index (χ2v) is 6.47. The SMILES string of the molecule is Nc1c(Br)cc(Br)cc1[C@@H](CCO)N1CCNCC1. The van der Waals surface area contributed by atoms with Crippen molar-refractivity contribution < 1.29 is 5.11 Å². The van der Waals surface area contributed by atoms with Crippen LogP contribution < -0.4 is 11.1 Å². The largest absolute Gasteiger partial charge is 0.398 e. The number of nitrogens with two attached hydrogens (primary N) is 1. The molecule has 2 rings (SSSR count). The van der Waals surface area contributed by atoms with Crippen molar-refractivity contribution >= 4 is 37.5 Å². The molecule has 0 radical (unpaired) electrons. The van der Waals surface area contributed by atoms with E-state index >= 15 is 0 Å². The standard InChI is InChI=1S/C13H19Br2N3O/c14-9-7-10(13(16)11(15)8-9)12(1-6-19)18-4-2-17-3-5-18/h7-8,12,17,19H,1-6,16H2/t12-/m1/s1. The predicted octanol–water partition coefficient (Wildman–Crippen LogP) is 2.12. The van der Waals surface area contributed by atoms with E-state index in [0.29, 0.717) is 6.42 Å². The molecular formula is C13H19Br2N3O. The molecule has 0 saturated carbocycles. The van der Waals surface area contributed by atoms with Crippen molar-refractivity contribution in [2.45, 2.75) is 12.5 Å². The van der Waals surface area contributed by atoms with Crippen LogP contribution in [0.1, 0.15) is 18.0 Å². The maximum absolute atomic E-state index is 9.35. The van der Waals surface area contributed by atoms with Gasteiger partial charge >= 0.3 is 0 Å². The fraction of sp³-hybridized carbons (Fsp3) is 0.538. The zero-order valence-corrected chi connectivity index (χ0v) is 13.9. The molecular weight excluding hydrogens is 374 g/mol. The number of aliphatic hydroxyl groups excluding tert-OH is 1. The number of halogens is 2. The highest BCUT2D eigenvalue weighted by Crippen LogP contribution is 2.36. The third kappa shape index (κ3) is 3.70. The van der Waals surface area contributed by atoms with Crippen molar-refractivity contribution in [1.29, 1.82) is 0 Å². The molecule has 0 amide bonds. The number of hydrogen-bond donors (Lipinski definition) is 3. The Labute approximate surface area is 130 Å². The molecule has 0 aromatic heterocycles. The summed E-state index contributed by atoms with van der Waals surface area (Å²) in [5, 5.41) is 12.7. The summed E-state index contributed by atoms with van der Waals surface area (Å²) in [6.45, 7) is 4.09. The van der Waals surface area contributed by atoms with Gasteiger partial charge in [0.05, 0.1) is 5.69 Å². The Kier molecular flexibility index (Phi) is 5.65. The van der Waals surface area contributed by atoms with E-state index in [2.05, 4.69) is 48.1 Å². The van der Waals surface area contributed by atoms with E-state index in [-0.39, 0.29) is 12.6 Å². The lowest BCUT2D eigenvalue weighted by Crippen LogP contribution is -2.45. The lowest BCUT2D eigenvalue weighted by atomic mass is 9.99. The van der Waals surface area contributed by atoms with Crippen LogP contribution in [0.15, 0.2) is 21.1 Å². The van der Waals surface area contributed by atoms with Gasteiger partial charge in [-0.1, -0.05) is 15.9 Å². The summed E-state index contributed by atoms with van der Waals surface area (Å²) in [5.74, 6) is 0. The van der Waals surface area contributed by atoms with Gasteiger partial charge in [-0.25, -0.2) is 0 Å². The van der Waals surface area contributed by atoms with Crippen LogP contribution in [0.25, 0.3) is 0 Å². The number of aliphatic hydroxyl groups is 1. The Bertz CT molecular complexity index is 436. The minimum Gasteiger partial charge on any atom is -0.398 e. The molecule has 0 aliphatic carbocycles. The molecule has 106 valence electrons. The van der Waals surface area contributed by atoms with Crippen molar-refractivity contribution in [3.63, 3.8) is 0 Å². The lowest BCUT2D eigenvalue weighted by Gasteiger charge is -2.35. The van der Waals surface area contributed by atoms with Crippen molar-refractivity contribution in [2.75, 3.05) is 38.5 Å². The number of nitrogens with zero attached hydrogens (tertiary/aromatic N) is 1. The summed E-state index contributed by atoms with van der Waals surface area (Å²) < 4.78 is 1.90. The van der Waals surface area contributed by atoms with E-state index in [4.69, 9.17) is 5.73 Å². The molecule has 1 aliphatic heterocycles. The molecule has 1 aliphatic rings. The van der Waals surface area contributed by atoms with Crippen molar-refractivity contribution in [2.24, 2.45) is 0 Å². The highest BCUT2D eigenvalue weighted by molar-refractivity contribution is 9.11. The molecule has 4 nitrogen and oxygen atoms in total. The number of nitrogen functional groups attached to an aromatic ring is 1. The molecule has 1 heterocycles. The maximum atomic E-state index is 9.35. The van der Waals surface area contributed by atoms with Crippen molar-refractivity contribution in [1.82, 2.24) is 10.2 Å². The molecule has 1 aromatic rings. The first kappa shape index (κ1) is 15.3. The Morgan fingerprint density at radius 2 is 2.00 bits per heavy atom. The van der Waals surface area contributed by atoms with Gasteiger partial charge in [-0.3, -0.25) is 4.90 Å². The average Bonchev–Trinajstić information content (AvgIpc) is 2.41. The van der Waals surface area contributed by atoms with Crippen LogP contribution >= 0.6 is 31.9 Å². The van der Waals surface area contributed by atoms with E-state index < -0.39 is 0 Å². The quantitative estimate of drug-likeness (QED) is 0.687. The van der Waals surface area contributed by atoms with Crippen LogP contribution in [0.4, 0.5) is 5.69 Å². The van der Waals surface area contributed by atoms with Gasteiger partial charge in [0, 0.05) is 47.8 Å². The normalized spacial score (nSPS) is 18.5. The third-order valence-electron chi connectivity index (χ3n) is 3.48. The van der Waals surface area contributed by atoms with Crippen LogP contribution in [0.3, 0.4) is 0 Å². The Balaban J connectivity index is 2.32. The topological polar surface area (TPSA) is 61.5 Å². The van der Waals surface area contributed by atoms with Gasteiger partial charge in [0.2, 0.25) is 0 Å². The zero-order chi connectivity index (χ0) is 13.8. The van der Waals surface area contributed by atoms with E-state index in [9.17, 15) is 5.11 Å². The number of hydrogen-bond acceptors (Lipinski definition) is 4. The Morgan fingerprint density at radius 1 is 1.32 bits per heavy atom. The second-order valence-electron chi connectivity index (χ2n) is 4.70. The van der Waals surface area contributed by atoms with Gasteiger partial charge in [-0.05, 0) is 40.0 Å². The fourth-order valence-corrected chi connectivity index (χ4v) is 3.79. The summed E-state index contributed by atoms with van der Waals surface area (Å²) in [5.41, 5.74) is 8.04. The minimum absolute atomic E-state index is 0.165. The molecule has 0 spiro atoms. The predicted molar refractivity (Wildman–Crippen MR) is 85.1 cm³/mol. The molecule has 19 heavy (non-hydrogen) atoms. The Hall–Kier alpha value is -0.140. The van der Waals surface area contributed by atoms with E-state index in [1.807, 2.05) is 6.07 Å². The van der Waals surface area contributed by atoms with Crippen LogP contribution in [0.5, 0.6) is 0 Å². The van der Waals surface area contributed by atoms with E-state index in [1.165, 1.54) is 0 Å². The lowest BCUT2D eigenvalue weighted by molar-refractivity contribution is 0.141. The minimum atomic E-state index is 0.165. The molecule has 1 saturated heterocycles. The van der Waals surface area contributed by atoms with Gasteiger partial charge in [0.15, 0.2) is 0 Å². The van der Waals surface area contributed by atoms with Crippen LogP contribution in [0, 0.1) is 0 Å². The maximum Gasteiger partial charge on any atom is 0.0507 e. The highest BCUT2D eigenvalue weighted by Gasteiger charge is 2.24. The number of piperazine rings is 1. The molecule has 1 fully saturated rings. The number of rotatable bonds is 4. The van der Waals surface area contributed by atoms with Gasteiger partial charge in [-0.15, -0.1) is 0 Å². The molecule has 6 heteroatoms. The fourth-order valence-electron chi connectivity index (χ4n) is 2.53. The third-order valence-corrected chi connectivity index (χ3v) is 4.59. The zero-order valence-electron chi connectivity index (χ0n) is 10.7. The molecule has 1 atom stereocenters. The number of benzene rings is 1. The smallest absolute Gasteiger partial charge is 0.0507 e. The first-order valence-electron chi connectivity index (χ1n) is 6.43. The second kappa shape index (κ2) is 7.04. The van der Waals surface area contributed by atoms with Crippen molar-refractivity contribution in [3.05, 3.63) is 26.6 Å². The van der Waals surface area contributed by atoms with Gasteiger partial charge in [0.1, 0.15) is 0 Å². The summed E-state index contributed by atoms with van der Waals surface area (Å²) in [6, 6.07) is 4.18. The van der Waals surface area contributed by atoms with Crippen LogP contribution in [0.2, 0.25) is 0 Å².